The van der Waals surface area contributed by atoms with Crippen LogP contribution >= 0.6 is 0 Å². The predicted molar refractivity (Wildman–Crippen MR) is 68.9 cm³/mol. The van der Waals surface area contributed by atoms with E-state index in [4.69, 9.17) is 0 Å². The van der Waals surface area contributed by atoms with Gasteiger partial charge in [0.1, 0.15) is 0 Å². The minimum atomic E-state index is -1.55. The van der Waals surface area contributed by atoms with Crippen molar-refractivity contribution in [1.82, 2.24) is 10.2 Å². The molecule has 1 saturated heterocycles. The number of likely N-dealkylation sites (N-methyl/N-ethyl adjacent to an activating group) is 1. The predicted octanol–water partition coefficient (Wildman–Crippen LogP) is 2.32. The SMILES string of the molecule is CCN(CC1CCCN1)C(=O)c1cc(F)c(F)c(F)c1. The van der Waals surface area contributed by atoms with Gasteiger partial charge in [0.25, 0.3) is 5.91 Å². The van der Waals surface area contributed by atoms with Gasteiger partial charge in [-0.3, -0.25) is 4.79 Å². The maximum absolute atomic E-state index is 13.2. The summed E-state index contributed by atoms with van der Waals surface area (Å²) in [5.74, 6) is -4.73. The van der Waals surface area contributed by atoms with E-state index < -0.39 is 23.4 Å². The van der Waals surface area contributed by atoms with E-state index in [0.717, 1.165) is 31.5 Å². The molecule has 0 saturated carbocycles. The molecule has 1 unspecified atom stereocenters. The lowest BCUT2D eigenvalue weighted by Gasteiger charge is -2.24. The second kappa shape index (κ2) is 6.26. The summed E-state index contributed by atoms with van der Waals surface area (Å²) >= 11 is 0. The fraction of sp³-hybridized carbons (Fsp3) is 0.500. The second-order valence-electron chi connectivity index (χ2n) is 4.89. The molecule has 6 heteroatoms. The molecule has 0 aromatic heterocycles. The van der Waals surface area contributed by atoms with Gasteiger partial charge < -0.3 is 10.2 Å². The van der Waals surface area contributed by atoms with Gasteiger partial charge in [-0.1, -0.05) is 0 Å². The first kappa shape index (κ1) is 14.8. The average Bonchev–Trinajstić information content (AvgIpc) is 2.93. The molecule has 1 heterocycles. The van der Waals surface area contributed by atoms with Crippen LogP contribution in [0.4, 0.5) is 13.2 Å². The van der Waals surface area contributed by atoms with Crippen LogP contribution in [-0.2, 0) is 0 Å². The topological polar surface area (TPSA) is 32.3 Å². The largest absolute Gasteiger partial charge is 0.337 e. The fourth-order valence-electron chi connectivity index (χ4n) is 2.40. The van der Waals surface area contributed by atoms with Crippen LogP contribution in [0.1, 0.15) is 30.1 Å². The lowest BCUT2D eigenvalue weighted by Crippen LogP contribution is -2.41. The molecule has 0 aliphatic carbocycles. The third-order valence-electron chi connectivity index (χ3n) is 3.50. The molecular formula is C14H17F3N2O. The monoisotopic (exact) mass is 286 g/mol. The van der Waals surface area contributed by atoms with Crippen molar-refractivity contribution in [3.63, 3.8) is 0 Å². The van der Waals surface area contributed by atoms with Crippen molar-refractivity contribution < 1.29 is 18.0 Å². The molecule has 1 atom stereocenters. The highest BCUT2D eigenvalue weighted by Gasteiger charge is 2.23. The summed E-state index contributed by atoms with van der Waals surface area (Å²) in [5.41, 5.74) is -0.166. The molecule has 1 N–H and O–H groups in total. The first-order valence-electron chi connectivity index (χ1n) is 6.70. The van der Waals surface area contributed by atoms with E-state index in [0.29, 0.717) is 13.1 Å². The van der Waals surface area contributed by atoms with Crippen molar-refractivity contribution in [2.24, 2.45) is 0 Å². The van der Waals surface area contributed by atoms with Gasteiger partial charge in [0, 0.05) is 24.7 Å². The van der Waals surface area contributed by atoms with Gasteiger partial charge in [0.2, 0.25) is 0 Å². The Balaban J connectivity index is 2.15. The average molecular weight is 286 g/mol. The number of halogens is 3. The highest BCUT2D eigenvalue weighted by molar-refractivity contribution is 5.94. The summed E-state index contributed by atoms with van der Waals surface area (Å²) in [7, 11) is 0. The smallest absolute Gasteiger partial charge is 0.254 e. The summed E-state index contributed by atoms with van der Waals surface area (Å²) in [6.45, 7) is 3.62. The summed E-state index contributed by atoms with van der Waals surface area (Å²) in [5, 5.41) is 3.26. The molecule has 110 valence electrons. The van der Waals surface area contributed by atoms with Crippen molar-refractivity contribution in [3.05, 3.63) is 35.1 Å². The number of nitrogens with one attached hydrogen (secondary N) is 1. The van der Waals surface area contributed by atoms with E-state index in [1.165, 1.54) is 4.90 Å². The molecule has 1 fully saturated rings. The lowest BCUT2D eigenvalue weighted by molar-refractivity contribution is 0.0750. The standard InChI is InChI=1S/C14H17F3N2O/c1-2-19(8-10-4-3-5-18-10)14(20)9-6-11(15)13(17)12(16)7-9/h6-7,10,18H,2-5,8H2,1H3. The molecular weight excluding hydrogens is 269 g/mol. The minimum absolute atomic E-state index is 0.166. The first-order valence-corrected chi connectivity index (χ1v) is 6.70. The number of rotatable bonds is 4. The number of carbonyl (C=O) groups excluding carboxylic acids is 1. The summed E-state index contributed by atoms with van der Waals surface area (Å²) in [4.78, 5) is 13.7. The van der Waals surface area contributed by atoms with Crippen molar-refractivity contribution in [2.75, 3.05) is 19.6 Å². The Morgan fingerprint density at radius 3 is 2.50 bits per heavy atom. The summed E-state index contributed by atoms with van der Waals surface area (Å²) < 4.78 is 39.2. The van der Waals surface area contributed by atoms with Crippen molar-refractivity contribution in [2.45, 2.75) is 25.8 Å². The van der Waals surface area contributed by atoms with Crippen LogP contribution in [-0.4, -0.2) is 36.5 Å². The second-order valence-corrected chi connectivity index (χ2v) is 4.89. The van der Waals surface area contributed by atoms with Crippen LogP contribution in [0.25, 0.3) is 0 Å². The Kier molecular flexibility index (Phi) is 4.65. The molecule has 0 spiro atoms. The van der Waals surface area contributed by atoms with Gasteiger partial charge >= 0.3 is 0 Å². The first-order chi connectivity index (χ1) is 9.52. The fourth-order valence-corrected chi connectivity index (χ4v) is 2.40. The normalized spacial score (nSPS) is 18.3. The zero-order chi connectivity index (χ0) is 14.7. The third kappa shape index (κ3) is 3.12. The van der Waals surface area contributed by atoms with E-state index in [9.17, 15) is 18.0 Å². The van der Waals surface area contributed by atoms with Crippen LogP contribution in [0.2, 0.25) is 0 Å². The van der Waals surface area contributed by atoms with E-state index in [2.05, 4.69) is 5.32 Å². The number of amides is 1. The molecule has 1 amide bonds. The number of nitrogens with zero attached hydrogens (tertiary/aromatic N) is 1. The quantitative estimate of drug-likeness (QED) is 0.862. The number of hydrogen-bond acceptors (Lipinski definition) is 2. The van der Waals surface area contributed by atoms with E-state index in [1.54, 1.807) is 6.92 Å². The molecule has 1 aromatic carbocycles. The lowest BCUT2D eigenvalue weighted by atomic mass is 10.1. The maximum Gasteiger partial charge on any atom is 0.254 e. The molecule has 2 rings (SSSR count). The highest BCUT2D eigenvalue weighted by Crippen LogP contribution is 2.16. The van der Waals surface area contributed by atoms with Crippen molar-refractivity contribution in [3.8, 4) is 0 Å². The molecule has 0 bridgehead atoms. The van der Waals surface area contributed by atoms with Gasteiger partial charge in [0.05, 0.1) is 0 Å². The zero-order valence-electron chi connectivity index (χ0n) is 11.3. The number of hydrogen-bond donors (Lipinski definition) is 1. The number of benzene rings is 1. The Morgan fingerprint density at radius 1 is 1.35 bits per heavy atom. The van der Waals surface area contributed by atoms with Gasteiger partial charge in [-0.15, -0.1) is 0 Å². The Bertz CT molecular complexity index is 478. The van der Waals surface area contributed by atoms with E-state index >= 15 is 0 Å². The van der Waals surface area contributed by atoms with Gasteiger partial charge in [-0.05, 0) is 38.4 Å². The molecule has 0 radical (unpaired) electrons. The van der Waals surface area contributed by atoms with Crippen LogP contribution in [0.5, 0.6) is 0 Å². The zero-order valence-corrected chi connectivity index (χ0v) is 11.3. The maximum atomic E-state index is 13.2. The summed E-state index contributed by atoms with van der Waals surface area (Å²) in [6, 6.07) is 1.69. The van der Waals surface area contributed by atoms with Crippen LogP contribution < -0.4 is 5.32 Å². The van der Waals surface area contributed by atoms with E-state index in [1.807, 2.05) is 0 Å². The van der Waals surface area contributed by atoms with Crippen molar-refractivity contribution >= 4 is 5.91 Å². The molecule has 20 heavy (non-hydrogen) atoms. The third-order valence-corrected chi connectivity index (χ3v) is 3.50. The molecule has 1 aliphatic rings. The Hall–Kier alpha value is -1.56. The molecule has 1 aliphatic heterocycles. The van der Waals surface area contributed by atoms with E-state index in [-0.39, 0.29) is 11.6 Å². The Labute approximate surface area is 115 Å². The van der Waals surface area contributed by atoms with Crippen LogP contribution in [0, 0.1) is 17.5 Å². The summed E-state index contributed by atoms with van der Waals surface area (Å²) in [6.07, 6.45) is 2.02. The van der Waals surface area contributed by atoms with Crippen molar-refractivity contribution in [1.29, 1.82) is 0 Å². The van der Waals surface area contributed by atoms with Crippen LogP contribution in [0.3, 0.4) is 0 Å². The van der Waals surface area contributed by atoms with Gasteiger partial charge in [0.15, 0.2) is 17.5 Å². The number of carbonyl (C=O) groups is 1. The molecule has 1 aromatic rings. The molecule has 3 nitrogen and oxygen atoms in total. The Morgan fingerprint density at radius 2 is 2.00 bits per heavy atom. The van der Waals surface area contributed by atoms with Crippen LogP contribution in [0.15, 0.2) is 12.1 Å². The van der Waals surface area contributed by atoms with Gasteiger partial charge in [-0.25, -0.2) is 13.2 Å². The highest BCUT2D eigenvalue weighted by atomic mass is 19.2. The van der Waals surface area contributed by atoms with Gasteiger partial charge in [-0.2, -0.15) is 0 Å². The minimum Gasteiger partial charge on any atom is -0.337 e.